The first-order valence-electron chi connectivity index (χ1n) is 12.4. The highest BCUT2D eigenvalue weighted by molar-refractivity contribution is 6.32. The van der Waals surface area contributed by atoms with Crippen LogP contribution in [0, 0.1) is 0 Å². The molecule has 1 fully saturated rings. The first-order chi connectivity index (χ1) is 17.2. The molecular weight excluding hydrogens is 491 g/mol. The number of para-hydroxylation sites is 1. The summed E-state index contributed by atoms with van der Waals surface area (Å²) in [7, 11) is 0. The van der Waals surface area contributed by atoms with E-state index in [1.807, 2.05) is 53.4 Å². The molecule has 188 valence electrons. The van der Waals surface area contributed by atoms with Gasteiger partial charge in [-0.1, -0.05) is 60.1 Å². The van der Waals surface area contributed by atoms with E-state index in [1.165, 1.54) is 5.69 Å². The van der Waals surface area contributed by atoms with E-state index in [-0.39, 0.29) is 24.9 Å². The van der Waals surface area contributed by atoms with Gasteiger partial charge < -0.3 is 9.80 Å². The van der Waals surface area contributed by atoms with Gasteiger partial charge in [0.25, 0.3) is 0 Å². The summed E-state index contributed by atoms with van der Waals surface area (Å²) in [6, 6.07) is 26.4. The third-order valence-corrected chi connectivity index (χ3v) is 7.06. The molecule has 0 saturated carbocycles. The number of unbranched alkanes of at least 4 members (excludes halogenated alkanes) is 1. The number of piperazine rings is 1. The number of halogens is 2. The predicted molar refractivity (Wildman–Crippen MR) is 152 cm³/mol. The quantitative estimate of drug-likeness (QED) is 0.382. The SMILES string of the molecule is Cl.O=C1CN=C(c2ccccc2)c2cc(Cl)ccc2N1CCCCN1CCN(c2ccccc2)CC1. The minimum atomic E-state index is 0. The second kappa shape index (κ2) is 12.4. The number of hydrogen-bond acceptors (Lipinski definition) is 4. The highest BCUT2D eigenvalue weighted by atomic mass is 35.5. The van der Waals surface area contributed by atoms with E-state index in [1.54, 1.807) is 0 Å². The molecule has 36 heavy (non-hydrogen) atoms. The Hall–Kier alpha value is -2.86. The maximum atomic E-state index is 13.1. The van der Waals surface area contributed by atoms with E-state index in [0.29, 0.717) is 11.6 Å². The van der Waals surface area contributed by atoms with Crippen LogP contribution in [0.15, 0.2) is 83.9 Å². The highest BCUT2D eigenvalue weighted by Gasteiger charge is 2.25. The molecule has 0 aromatic heterocycles. The van der Waals surface area contributed by atoms with E-state index in [9.17, 15) is 4.79 Å². The molecule has 0 bridgehead atoms. The fourth-order valence-electron chi connectivity index (χ4n) is 4.95. The average Bonchev–Trinajstić information content (AvgIpc) is 3.04. The van der Waals surface area contributed by atoms with Crippen molar-refractivity contribution in [3.05, 3.63) is 95.0 Å². The van der Waals surface area contributed by atoms with Crippen LogP contribution in [0.1, 0.15) is 24.0 Å². The molecule has 3 aromatic rings. The second-order valence-electron chi connectivity index (χ2n) is 9.11. The number of carbonyl (C=O) groups is 1. The summed E-state index contributed by atoms with van der Waals surface area (Å²) in [4.78, 5) is 24.7. The van der Waals surface area contributed by atoms with Gasteiger partial charge in [-0.15, -0.1) is 12.4 Å². The number of nitrogens with zero attached hydrogens (tertiary/aromatic N) is 4. The monoisotopic (exact) mass is 522 g/mol. The minimum absolute atomic E-state index is 0. The molecule has 0 atom stereocenters. The Morgan fingerprint density at radius 1 is 0.806 bits per heavy atom. The molecule has 0 radical (unpaired) electrons. The molecule has 5 nitrogen and oxygen atoms in total. The molecule has 5 rings (SSSR count). The third-order valence-electron chi connectivity index (χ3n) is 6.82. The predicted octanol–water partition coefficient (Wildman–Crippen LogP) is 5.55. The maximum Gasteiger partial charge on any atom is 0.248 e. The van der Waals surface area contributed by atoms with Gasteiger partial charge in [-0.25, -0.2) is 0 Å². The molecule has 2 aliphatic rings. The van der Waals surface area contributed by atoms with Gasteiger partial charge in [-0.3, -0.25) is 14.7 Å². The molecule has 2 aliphatic heterocycles. The number of anilines is 2. The zero-order chi connectivity index (χ0) is 24.0. The molecule has 1 saturated heterocycles. The van der Waals surface area contributed by atoms with Crippen molar-refractivity contribution >= 4 is 47.0 Å². The lowest BCUT2D eigenvalue weighted by atomic mass is 10.00. The molecule has 0 unspecified atom stereocenters. The van der Waals surface area contributed by atoms with Crippen LogP contribution in [0.2, 0.25) is 5.02 Å². The summed E-state index contributed by atoms with van der Waals surface area (Å²) >= 11 is 6.36. The van der Waals surface area contributed by atoms with E-state index < -0.39 is 0 Å². The van der Waals surface area contributed by atoms with E-state index in [2.05, 4.69) is 40.1 Å². The van der Waals surface area contributed by atoms with Gasteiger partial charge in [0.1, 0.15) is 6.54 Å². The Labute approximate surface area is 224 Å². The van der Waals surface area contributed by atoms with Crippen molar-refractivity contribution in [3.63, 3.8) is 0 Å². The van der Waals surface area contributed by atoms with Crippen molar-refractivity contribution in [2.75, 3.05) is 55.6 Å². The first kappa shape index (κ1) is 26.2. The van der Waals surface area contributed by atoms with Gasteiger partial charge in [-0.2, -0.15) is 0 Å². The summed E-state index contributed by atoms with van der Waals surface area (Å²) in [5.41, 5.74) is 4.96. The molecule has 0 spiro atoms. The number of benzodiazepines with no additional fused rings is 1. The molecular formula is C29H32Cl2N4O. The fraction of sp³-hybridized carbons (Fsp3) is 0.310. The summed E-state index contributed by atoms with van der Waals surface area (Å²) in [5.74, 6) is 0.0379. The van der Waals surface area contributed by atoms with Crippen molar-refractivity contribution in [1.82, 2.24) is 4.90 Å². The van der Waals surface area contributed by atoms with Crippen molar-refractivity contribution in [3.8, 4) is 0 Å². The number of rotatable bonds is 7. The fourth-order valence-corrected chi connectivity index (χ4v) is 5.12. The Bertz CT molecular complexity index is 1180. The molecule has 1 amide bonds. The van der Waals surface area contributed by atoms with Crippen LogP contribution in [0.25, 0.3) is 0 Å². The number of fused-ring (bicyclic) bond motifs is 1. The topological polar surface area (TPSA) is 39.2 Å². The largest absolute Gasteiger partial charge is 0.369 e. The van der Waals surface area contributed by atoms with Gasteiger partial charge in [0.05, 0.1) is 11.4 Å². The van der Waals surface area contributed by atoms with Crippen LogP contribution in [-0.2, 0) is 4.79 Å². The average molecular weight is 524 g/mol. The van der Waals surface area contributed by atoms with Crippen molar-refractivity contribution < 1.29 is 4.79 Å². The van der Waals surface area contributed by atoms with Crippen LogP contribution in [-0.4, -0.2) is 62.3 Å². The van der Waals surface area contributed by atoms with Gasteiger partial charge >= 0.3 is 0 Å². The summed E-state index contributed by atoms with van der Waals surface area (Å²) in [5, 5.41) is 0.649. The van der Waals surface area contributed by atoms with Crippen LogP contribution in [0.4, 0.5) is 11.4 Å². The Morgan fingerprint density at radius 3 is 2.19 bits per heavy atom. The lowest BCUT2D eigenvalue weighted by Gasteiger charge is -2.36. The third kappa shape index (κ3) is 6.09. The number of amides is 1. The normalized spacial score (nSPS) is 16.1. The lowest BCUT2D eigenvalue weighted by Crippen LogP contribution is -2.46. The summed E-state index contributed by atoms with van der Waals surface area (Å²) in [6.45, 7) is 6.17. The minimum Gasteiger partial charge on any atom is -0.369 e. The van der Waals surface area contributed by atoms with E-state index in [0.717, 1.165) is 68.1 Å². The van der Waals surface area contributed by atoms with Crippen molar-refractivity contribution in [2.45, 2.75) is 12.8 Å². The van der Waals surface area contributed by atoms with Crippen LogP contribution < -0.4 is 9.80 Å². The molecule has 7 heteroatoms. The molecule has 0 aliphatic carbocycles. The van der Waals surface area contributed by atoms with Gasteiger partial charge in [0.2, 0.25) is 5.91 Å². The zero-order valence-corrected chi connectivity index (χ0v) is 21.9. The Kier molecular flexibility index (Phi) is 9.03. The summed E-state index contributed by atoms with van der Waals surface area (Å²) in [6.07, 6.45) is 2.01. The number of aliphatic imine (C=N–C) groups is 1. The molecule has 0 N–H and O–H groups in total. The maximum absolute atomic E-state index is 13.1. The second-order valence-corrected chi connectivity index (χ2v) is 9.55. The van der Waals surface area contributed by atoms with Gasteiger partial charge in [-0.05, 0) is 49.7 Å². The molecule has 2 heterocycles. The number of carbonyl (C=O) groups excluding carboxylic acids is 1. The lowest BCUT2D eigenvalue weighted by molar-refractivity contribution is -0.117. The number of hydrogen-bond donors (Lipinski definition) is 0. The van der Waals surface area contributed by atoms with Crippen LogP contribution in [0.5, 0.6) is 0 Å². The van der Waals surface area contributed by atoms with E-state index in [4.69, 9.17) is 16.6 Å². The molecule has 3 aromatic carbocycles. The van der Waals surface area contributed by atoms with Crippen LogP contribution in [0.3, 0.4) is 0 Å². The van der Waals surface area contributed by atoms with Crippen LogP contribution >= 0.6 is 24.0 Å². The first-order valence-corrected chi connectivity index (χ1v) is 12.8. The van der Waals surface area contributed by atoms with Crippen molar-refractivity contribution in [2.24, 2.45) is 4.99 Å². The standard InChI is InChI=1S/C29H31ClN4O.ClH/c30-24-13-14-27-26(21-24)29(23-9-3-1-4-10-23)31-22-28(35)34(27)16-8-7-15-32-17-19-33(20-18-32)25-11-5-2-6-12-25;/h1-6,9-14,21H,7-8,15-20,22H2;1H. The number of benzene rings is 3. The van der Waals surface area contributed by atoms with E-state index >= 15 is 0 Å². The van der Waals surface area contributed by atoms with Crippen molar-refractivity contribution in [1.29, 1.82) is 0 Å². The van der Waals surface area contributed by atoms with Gasteiger partial charge in [0, 0.05) is 54.6 Å². The smallest absolute Gasteiger partial charge is 0.248 e. The Morgan fingerprint density at radius 2 is 1.47 bits per heavy atom. The zero-order valence-electron chi connectivity index (χ0n) is 20.4. The Balaban J connectivity index is 0.00000304. The van der Waals surface area contributed by atoms with Gasteiger partial charge in [0.15, 0.2) is 0 Å². The highest BCUT2D eigenvalue weighted by Crippen LogP contribution is 2.30. The summed E-state index contributed by atoms with van der Waals surface area (Å²) < 4.78 is 0.